The Morgan fingerprint density at radius 3 is 2.50 bits per heavy atom. The van der Waals surface area contributed by atoms with Gasteiger partial charge in [0.1, 0.15) is 11.9 Å². The average molecular weight is 439 g/mol. The predicted octanol–water partition coefficient (Wildman–Crippen LogP) is 4.78. The molecule has 2 aromatic rings. The number of imidazole rings is 1. The van der Waals surface area contributed by atoms with Crippen LogP contribution in [0.1, 0.15) is 75.7 Å². The van der Waals surface area contributed by atoms with Crippen LogP contribution in [0.3, 0.4) is 0 Å². The summed E-state index contributed by atoms with van der Waals surface area (Å²) < 4.78 is 4.71. The lowest BCUT2D eigenvalue weighted by atomic mass is 9.96. The van der Waals surface area contributed by atoms with E-state index < -0.39 is 12.1 Å². The van der Waals surface area contributed by atoms with Crippen molar-refractivity contribution in [2.45, 2.75) is 70.4 Å². The van der Waals surface area contributed by atoms with E-state index in [0.29, 0.717) is 12.5 Å². The standard InChI is InChI=1S/C25H34N4O3/c1-16(2)22(28-25(31)32-3)24(30)29-14-6-9-21(29)23-26-15-20(27-23)19-12-10-18(11-13-19)17-7-4-5-8-17/h10-13,15-17,21-22H,4-9,14H2,1-3H3,(H,26,27)(H,28,31)/t21-,22-/m0/s1. The highest BCUT2D eigenvalue weighted by Gasteiger charge is 2.37. The van der Waals surface area contributed by atoms with Crippen molar-refractivity contribution in [3.8, 4) is 11.3 Å². The van der Waals surface area contributed by atoms with Gasteiger partial charge in [0.05, 0.1) is 18.8 Å². The molecule has 2 aliphatic rings. The van der Waals surface area contributed by atoms with Crippen LogP contribution in [0.2, 0.25) is 0 Å². The average Bonchev–Trinajstić information content (AvgIpc) is 3.57. The Balaban J connectivity index is 1.49. The molecule has 2 amide bonds. The molecule has 0 radical (unpaired) electrons. The first-order chi connectivity index (χ1) is 15.5. The van der Waals surface area contributed by atoms with Crippen molar-refractivity contribution in [1.29, 1.82) is 0 Å². The number of hydrogen-bond donors (Lipinski definition) is 2. The van der Waals surface area contributed by atoms with Gasteiger partial charge in [0.25, 0.3) is 0 Å². The van der Waals surface area contributed by atoms with Crippen LogP contribution in [0.25, 0.3) is 11.3 Å². The largest absolute Gasteiger partial charge is 0.453 e. The van der Waals surface area contributed by atoms with Crippen molar-refractivity contribution in [3.63, 3.8) is 0 Å². The summed E-state index contributed by atoms with van der Waals surface area (Å²) in [5.74, 6) is 1.36. The van der Waals surface area contributed by atoms with Gasteiger partial charge < -0.3 is 19.9 Å². The van der Waals surface area contributed by atoms with Gasteiger partial charge in [-0.2, -0.15) is 0 Å². The smallest absolute Gasteiger partial charge is 0.407 e. The number of carbonyl (C=O) groups excluding carboxylic acids is 2. The first kappa shape index (κ1) is 22.4. The number of H-pyrrole nitrogens is 1. The highest BCUT2D eigenvalue weighted by Crippen LogP contribution is 2.35. The number of nitrogens with one attached hydrogen (secondary N) is 2. The molecular weight excluding hydrogens is 404 g/mol. The number of benzene rings is 1. The Bertz CT molecular complexity index is 931. The van der Waals surface area contributed by atoms with Crippen LogP contribution in [-0.4, -0.2) is 46.6 Å². The minimum absolute atomic E-state index is 0.0478. The Morgan fingerprint density at radius 1 is 1.12 bits per heavy atom. The molecule has 2 N–H and O–H groups in total. The summed E-state index contributed by atoms with van der Waals surface area (Å²) in [5, 5.41) is 2.69. The minimum atomic E-state index is -0.624. The van der Waals surface area contributed by atoms with Gasteiger partial charge in [0, 0.05) is 18.3 Å². The van der Waals surface area contributed by atoms with E-state index in [1.165, 1.54) is 38.4 Å². The van der Waals surface area contributed by atoms with Crippen LogP contribution in [0.4, 0.5) is 4.79 Å². The zero-order chi connectivity index (χ0) is 22.7. The minimum Gasteiger partial charge on any atom is -0.453 e. The van der Waals surface area contributed by atoms with Gasteiger partial charge in [-0.3, -0.25) is 4.79 Å². The second kappa shape index (κ2) is 9.76. The lowest BCUT2D eigenvalue weighted by molar-refractivity contribution is -0.135. The molecule has 2 atom stereocenters. The van der Waals surface area contributed by atoms with E-state index in [1.54, 1.807) is 0 Å². The highest BCUT2D eigenvalue weighted by atomic mass is 16.5. The molecule has 1 saturated heterocycles. The molecule has 2 fully saturated rings. The van der Waals surface area contributed by atoms with E-state index in [-0.39, 0.29) is 17.9 Å². The van der Waals surface area contributed by atoms with Crippen LogP contribution in [0.15, 0.2) is 30.5 Å². The normalized spacial score (nSPS) is 20.0. The van der Waals surface area contributed by atoms with Gasteiger partial charge in [0.2, 0.25) is 5.91 Å². The third-order valence-electron chi connectivity index (χ3n) is 6.87. The Kier molecular flexibility index (Phi) is 6.82. The fraction of sp³-hybridized carbons (Fsp3) is 0.560. The molecule has 4 rings (SSSR count). The number of aromatic amines is 1. The van der Waals surface area contributed by atoms with Gasteiger partial charge in [-0.15, -0.1) is 0 Å². The summed E-state index contributed by atoms with van der Waals surface area (Å²) in [7, 11) is 1.31. The molecular formula is C25H34N4O3. The Labute approximate surface area is 189 Å². The van der Waals surface area contributed by atoms with E-state index >= 15 is 0 Å². The van der Waals surface area contributed by atoms with Gasteiger partial charge >= 0.3 is 6.09 Å². The Hall–Kier alpha value is -2.83. The molecule has 0 spiro atoms. The number of nitrogens with zero attached hydrogens (tertiary/aromatic N) is 2. The molecule has 172 valence electrons. The number of carbonyl (C=O) groups is 2. The van der Waals surface area contributed by atoms with Crippen LogP contribution < -0.4 is 5.32 Å². The molecule has 1 aliphatic heterocycles. The van der Waals surface area contributed by atoms with Gasteiger partial charge in [-0.05, 0) is 43.1 Å². The monoisotopic (exact) mass is 438 g/mol. The first-order valence-electron chi connectivity index (χ1n) is 11.8. The quantitative estimate of drug-likeness (QED) is 0.680. The zero-order valence-electron chi connectivity index (χ0n) is 19.3. The third-order valence-corrected chi connectivity index (χ3v) is 6.87. The zero-order valence-corrected chi connectivity index (χ0v) is 19.3. The third kappa shape index (κ3) is 4.66. The number of likely N-dealkylation sites (tertiary alicyclic amines) is 1. The van der Waals surface area contributed by atoms with Crippen LogP contribution in [0, 0.1) is 5.92 Å². The molecule has 1 aliphatic carbocycles. The first-order valence-corrected chi connectivity index (χ1v) is 11.8. The van der Waals surface area contributed by atoms with E-state index in [0.717, 1.165) is 29.9 Å². The van der Waals surface area contributed by atoms with E-state index in [2.05, 4.69) is 34.6 Å². The summed E-state index contributed by atoms with van der Waals surface area (Å²) >= 11 is 0. The van der Waals surface area contributed by atoms with Crippen LogP contribution in [-0.2, 0) is 9.53 Å². The lowest BCUT2D eigenvalue weighted by Gasteiger charge is -2.29. The lowest BCUT2D eigenvalue weighted by Crippen LogP contribution is -2.51. The molecule has 32 heavy (non-hydrogen) atoms. The SMILES string of the molecule is COC(=O)N[C@H](C(=O)N1CCC[C@H]1c1nc(-c2ccc(C3CCCC3)cc2)c[nH]1)C(C)C. The second-order valence-electron chi connectivity index (χ2n) is 9.32. The maximum Gasteiger partial charge on any atom is 0.407 e. The number of aromatic nitrogens is 2. The van der Waals surface area contributed by atoms with Gasteiger partial charge in [-0.1, -0.05) is 51.0 Å². The molecule has 0 bridgehead atoms. The fourth-order valence-electron chi connectivity index (χ4n) is 5.03. The number of amides is 2. The van der Waals surface area contributed by atoms with E-state index in [1.807, 2.05) is 24.9 Å². The van der Waals surface area contributed by atoms with Crippen molar-refractivity contribution >= 4 is 12.0 Å². The van der Waals surface area contributed by atoms with Crippen molar-refractivity contribution in [2.75, 3.05) is 13.7 Å². The fourth-order valence-corrected chi connectivity index (χ4v) is 5.03. The van der Waals surface area contributed by atoms with Crippen molar-refractivity contribution in [1.82, 2.24) is 20.2 Å². The summed E-state index contributed by atoms with van der Waals surface area (Å²) in [6.07, 6.45) is 8.34. The van der Waals surface area contributed by atoms with Crippen LogP contribution >= 0.6 is 0 Å². The highest BCUT2D eigenvalue weighted by molar-refractivity contribution is 5.86. The Morgan fingerprint density at radius 2 is 1.84 bits per heavy atom. The summed E-state index contributed by atoms with van der Waals surface area (Å²) in [6.45, 7) is 4.50. The summed E-state index contributed by atoms with van der Waals surface area (Å²) in [4.78, 5) is 35.0. The number of hydrogen-bond acceptors (Lipinski definition) is 4. The van der Waals surface area contributed by atoms with E-state index in [4.69, 9.17) is 9.72 Å². The van der Waals surface area contributed by atoms with Crippen molar-refractivity contribution < 1.29 is 14.3 Å². The number of ether oxygens (including phenoxy) is 1. The van der Waals surface area contributed by atoms with Crippen LogP contribution in [0.5, 0.6) is 0 Å². The molecule has 2 heterocycles. The van der Waals surface area contributed by atoms with Gasteiger partial charge in [-0.25, -0.2) is 9.78 Å². The molecule has 0 unspecified atom stereocenters. The maximum atomic E-state index is 13.3. The van der Waals surface area contributed by atoms with E-state index in [9.17, 15) is 9.59 Å². The summed E-state index contributed by atoms with van der Waals surface area (Å²) in [6, 6.07) is 8.03. The second-order valence-corrected chi connectivity index (χ2v) is 9.32. The molecule has 1 aromatic carbocycles. The topological polar surface area (TPSA) is 87.3 Å². The molecule has 7 nitrogen and oxygen atoms in total. The molecule has 1 aromatic heterocycles. The number of rotatable bonds is 6. The van der Waals surface area contributed by atoms with Crippen molar-refractivity contribution in [3.05, 3.63) is 41.9 Å². The molecule has 1 saturated carbocycles. The van der Waals surface area contributed by atoms with Crippen molar-refractivity contribution in [2.24, 2.45) is 5.92 Å². The number of alkyl carbamates (subject to hydrolysis) is 1. The summed E-state index contributed by atoms with van der Waals surface area (Å²) in [5.41, 5.74) is 3.40. The maximum absolute atomic E-state index is 13.3. The number of methoxy groups -OCH3 is 1. The predicted molar refractivity (Wildman–Crippen MR) is 123 cm³/mol. The van der Waals surface area contributed by atoms with Gasteiger partial charge in [0.15, 0.2) is 0 Å². The molecule has 7 heteroatoms.